The van der Waals surface area contributed by atoms with Crippen LogP contribution in [0, 0.1) is 0 Å². The lowest BCUT2D eigenvalue weighted by molar-refractivity contribution is 0.480. The van der Waals surface area contributed by atoms with Crippen LogP contribution in [0.15, 0.2) is 41.5 Å². The molecule has 0 bridgehead atoms. The molecule has 112 valence electrons. The van der Waals surface area contributed by atoms with Gasteiger partial charge in [0.05, 0.1) is 6.54 Å². The van der Waals surface area contributed by atoms with Crippen molar-refractivity contribution >= 4 is 5.84 Å². The zero-order valence-electron chi connectivity index (χ0n) is 12.5. The van der Waals surface area contributed by atoms with Gasteiger partial charge in [0.25, 0.3) is 0 Å². The fraction of sp³-hybridized carbons (Fsp3) is 0.333. The van der Waals surface area contributed by atoms with Gasteiger partial charge in [0.15, 0.2) is 0 Å². The lowest BCUT2D eigenvalue weighted by Gasteiger charge is -2.16. The highest BCUT2D eigenvalue weighted by Gasteiger charge is 2.12. The Morgan fingerprint density at radius 1 is 0.955 bits per heavy atom. The van der Waals surface area contributed by atoms with E-state index in [1.165, 1.54) is 30.4 Å². The highest BCUT2D eigenvalue weighted by atomic mass is 16.5. The number of hydrogen-bond donors (Lipinski definition) is 1. The van der Waals surface area contributed by atoms with Gasteiger partial charge in [0.1, 0.15) is 23.0 Å². The Balaban J connectivity index is 1.57. The molecule has 4 nitrogen and oxygen atoms in total. The smallest absolute Gasteiger partial charge is 0.147 e. The van der Waals surface area contributed by atoms with Gasteiger partial charge in [-0.05, 0) is 55.0 Å². The second-order valence-corrected chi connectivity index (χ2v) is 5.77. The van der Waals surface area contributed by atoms with Crippen molar-refractivity contribution in [3.63, 3.8) is 0 Å². The number of ether oxygens (including phenoxy) is 1. The topological polar surface area (TPSA) is 46.5 Å². The highest BCUT2D eigenvalue weighted by Crippen LogP contribution is 2.28. The van der Waals surface area contributed by atoms with Crippen molar-refractivity contribution < 1.29 is 4.74 Å². The second-order valence-electron chi connectivity index (χ2n) is 5.77. The van der Waals surface area contributed by atoms with Crippen LogP contribution >= 0.6 is 0 Å². The Kier molecular flexibility index (Phi) is 3.51. The van der Waals surface area contributed by atoms with Gasteiger partial charge in [-0.1, -0.05) is 6.07 Å². The number of aliphatic imine (C=N–C) groups is 1. The number of pyridine rings is 1. The first-order valence-electron chi connectivity index (χ1n) is 7.93. The van der Waals surface area contributed by atoms with Crippen LogP contribution in [0.4, 0.5) is 0 Å². The quantitative estimate of drug-likeness (QED) is 0.946. The number of nitrogens with zero attached hydrogens (tertiary/aromatic N) is 2. The van der Waals surface area contributed by atoms with Crippen molar-refractivity contribution in [2.45, 2.75) is 25.7 Å². The summed E-state index contributed by atoms with van der Waals surface area (Å²) in [6, 6.07) is 10.3. The van der Waals surface area contributed by atoms with Crippen molar-refractivity contribution in [3.8, 4) is 11.5 Å². The molecule has 1 aliphatic heterocycles. The minimum absolute atomic E-state index is 0.803. The van der Waals surface area contributed by atoms with E-state index in [9.17, 15) is 0 Å². The van der Waals surface area contributed by atoms with E-state index < -0.39 is 0 Å². The van der Waals surface area contributed by atoms with Crippen LogP contribution in [-0.4, -0.2) is 23.9 Å². The van der Waals surface area contributed by atoms with Crippen molar-refractivity contribution in [3.05, 3.63) is 53.3 Å². The molecule has 0 unspecified atom stereocenters. The molecule has 0 saturated carbocycles. The summed E-state index contributed by atoms with van der Waals surface area (Å²) >= 11 is 0. The fourth-order valence-electron chi connectivity index (χ4n) is 3.08. The zero-order valence-corrected chi connectivity index (χ0v) is 12.5. The molecule has 1 aromatic heterocycles. The summed E-state index contributed by atoms with van der Waals surface area (Å²) in [5, 5.41) is 3.24. The van der Waals surface area contributed by atoms with Crippen LogP contribution in [0.2, 0.25) is 0 Å². The fourth-order valence-corrected chi connectivity index (χ4v) is 3.08. The molecule has 0 saturated heterocycles. The van der Waals surface area contributed by atoms with E-state index in [-0.39, 0.29) is 0 Å². The van der Waals surface area contributed by atoms with E-state index in [0.29, 0.717) is 0 Å². The maximum atomic E-state index is 6.02. The number of aromatic nitrogens is 1. The number of fused-ring (bicyclic) bond motifs is 1. The monoisotopic (exact) mass is 293 g/mol. The molecule has 4 rings (SSSR count). The van der Waals surface area contributed by atoms with E-state index in [1.54, 1.807) is 6.20 Å². The molecule has 1 N–H and O–H groups in total. The predicted octanol–water partition coefficient (Wildman–Crippen LogP) is 3.10. The minimum Gasteiger partial charge on any atom is -0.457 e. The van der Waals surface area contributed by atoms with Crippen molar-refractivity contribution in [2.24, 2.45) is 4.99 Å². The molecular weight excluding hydrogens is 274 g/mol. The van der Waals surface area contributed by atoms with Gasteiger partial charge < -0.3 is 10.1 Å². The molecule has 0 radical (unpaired) electrons. The summed E-state index contributed by atoms with van der Waals surface area (Å²) in [7, 11) is 0. The molecule has 2 aliphatic rings. The maximum Gasteiger partial charge on any atom is 0.147 e. The molecule has 1 aliphatic carbocycles. The van der Waals surface area contributed by atoms with Crippen molar-refractivity contribution in [2.75, 3.05) is 13.1 Å². The van der Waals surface area contributed by atoms with Gasteiger partial charge in [0.2, 0.25) is 0 Å². The first-order chi connectivity index (χ1) is 10.9. The Morgan fingerprint density at radius 2 is 1.82 bits per heavy atom. The molecule has 4 heteroatoms. The molecular formula is C18H19N3O. The number of hydrogen-bond acceptors (Lipinski definition) is 4. The third kappa shape index (κ3) is 2.69. The summed E-state index contributed by atoms with van der Waals surface area (Å²) in [5.74, 6) is 2.56. The van der Waals surface area contributed by atoms with E-state index in [0.717, 1.165) is 42.5 Å². The molecule has 0 fully saturated rings. The SMILES string of the molecule is c1cc(Oc2ccc3c(c2)CCCC3)cc(C2=NCCN2)n1. The summed E-state index contributed by atoms with van der Waals surface area (Å²) in [5.41, 5.74) is 3.74. The molecule has 0 atom stereocenters. The Bertz CT molecular complexity index is 724. The third-order valence-electron chi connectivity index (χ3n) is 4.20. The molecule has 0 amide bonds. The summed E-state index contributed by atoms with van der Waals surface area (Å²) in [6.45, 7) is 1.69. The first-order valence-corrected chi connectivity index (χ1v) is 7.93. The number of amidine groups is 1. The molecule has 2 heterocycles. The van der Waals surface area contributed by atoms with Crippen LogP contribution < -0.4 is 10.1 Å². The third-order valence-corrected chi connectivity index (χ3v) is 4.20. The normalized spacial score (nSPS) is 16.6. The highest BCUT2D eigenvalue weighted by molar-refractivity contribution is 5.98. The van der Waals surface area contributed by atoms with E-state index >= 15 is 0 Å². The lowest BCUT2D eigenvalue weighted by Crippen LogP contribution is -2.20. The summed E-state index contributed by atoms with van der Waals surface area (Å²) in [6.07, 6.45) is 6.71. The Labute approximate surface area is 130 Å². The minimum atomic E-state index is 0.803. The predicted molar refractivity (Wildman–Crippen MR) is 86.8 cm³/mol. The van der Waals surface area contributed by atoms with Gasteiger partial charge in [-0.25, -0.2) is 0 Å². The van der Waals surface area contributed by atoms with Gasteiger partial charge in [-0.2, -0.15) is 0 Å². The molecule has 1 aromatic carbocycles. The van der Waals surface area contributed by atoms with E-state index in [1.807, 2.05) is 12.1 Å². The summed E-state index contributed by atoms with van der Waals surface area (Å²) < 4.78 is 6.02. The van der Waals surface area contributed by atoms with Gasteiger partial charge in [-0.15, -0.1) is 0 Å². The second kappa shape index (κ2) is 5.79. The lowest BCUT2D eigenvalue weighted by atomic mass is 9.92. The Morgan fingerprint density at radius 3 is 2.68 bits per heavy atom. The van der Waals surface area contributed by atoms with Crippen LogP contribution in [0.5, 0.6) is 11.5 Å². The summed E-state index contributed by atoms with van der Waals surface area (Å²) in [4.78, 5) is 8.76. The van der Waals surface area contributed by atoms with Crippen LogP contribution in [-0.2, 0) is 12.8 Å². The molecule has 2 aromatic rings. The average molecular weight is 293 g/mol. The first kappa shape index (κ1) is 13.3. The average Bonchev–Trinajstić information content (AvgIpc) is 3.10. The zero-order chi connectivity index (χ0) is 14.8. The maximum absolute atomic E-state index is 6.02. The van der Waals surface area contributed by atoms with Gasteiger partial charge >= 0.3 is 0 Å². The largest absolute Gasteiger partial charge is 0.457 e. The van der Waals surface area contributed by atoms with E-state index in [2.05, 4.69) is 33.5 Å². The number of benzene rings is 1. The van der Waals surface area contributed by atoms with Crippen LogP contribution in [0.3, 0.4) is 0 Å². The number of nitrogens with one attached hydrogen (secondary N) is 1. The van der Waals surface area contributed by atoms with Crippen LogP contribution in [0.25, 0.3) is 0 Å². The van der Waals surface area contributed by atoms with E-state index in [4.69, 9.17) is 4.74 Å². The van der Waals surface area contributed by atoms with Gasteiger partial charge in [0, 0.05) is 18.8 Å². The number of aryl methyl sites for hydroxylation is 2. The van der Waals surface area contributed by atoms with Crippen LogP contribution in [0.1, 0.15) is 29.7 Å². The molecule has 22 heavy (non-hydrogen) atoms. The Hall–Kier alpha value is -2.36. The van der Waals surface area contributed by atoms with Gasteiger partial charge in [-0.3, -0.25) is 9.98 Å². The molecule has 0 spiro atoms. The standard InChI is InChI=1S/C18H19N3O/c1-2-4-14-11-15(6-5-13(14)3-1)22-16-7-8-19-17(12-16)18-20-9-10-21-18/h5-8,11-12H,1-4,9-10H2,(H,20,21). The number of rotatable bonds is 3. The van der Waals surface area contributed by atoms with Crippen molar-refractivity contribution in [1.29, 1.82) is 0 Å². The van der Waals surface area contributed by atoms with Crippen molar-refractivity contribution in [1.82, 2.24) is 10.3 Å².